The van der Waals surface area contributed by atoms with Crippen LogP contribution in [0.25, 0.3) is 0 Å². The molecule has 2 aliphatic rings. The second kappa shape index (κ2) is 6.91. The molecule has 1 spiro atoms. The number of aliphatic hydroxyl groups excluding tert-OH is 1. The van der Waals surface area contributed by atoms with E-state index >= 15 is 0 Å². The van der Waals surface area contributed by atoms with E-state index in [1.54, 1.807) is 6.07 Å². The number of likely N-dealkylation sites (tertiary alicyclic amines) is 1. The van der Waals surface area contributed by atoms with E-state index in [4.69, 9.17) is 4.74 Å². The first kappa shape index (κ1) is 16.3. The van der Waals surface area contributed by atoms with E-state index in [2.05, 4.69) is 0 Å². The Morgan fingerprint density at radius 3 is 2.83 bits per heavy atom. The molecule has 1 aromatic rings. The van der Waals surface area contributed by atoms with Crippen molar-refractivity contribution in [3.8, 4) is 5.75 Å². The second-order valence-electron chi connectivity index (χ2n) is 7.14. The lowest BCUT2D eigenvalue weighted by Crippen LogP contribution is -2.40. The van der Waals surface area contributed by atoms with Gasteiger partial charge in [0.15, 0.2) is 6.10 Å². The molecule has 1 aliphatic heterocycles. The molecular weight excluding hydrogens is 290 g/mol. The van der Waals surface area contributed by atoms with Crippen molar-refractivity contribution in [2.75, 3.05) is 13.1 Å². The first-order valence-corrected chi connectivity index (χ1v) is 8.77. The molecule has 4 heteroatoms. The molecule has 0 bridgehead atoms. The van der Waals surface area contributed by atoms with Gasteiger partial charge < -0.3 is 14.7 Å². The van der Waals surface area contributed by atoms with Crippen molar-refractivity contribution >= 4 is 5.91 Å². The summed E-state index contributed by atoms with van der Waals surface area (Å²) in [6, 6.07) is 7.30. The number of amides is 1. The maximum absolute atomic E-state index is 12.7. The molecule has 1 heterocycles. The summed E-state index contributed by atoms with van der Waals surface area (Å²) in [6.07, 6.45) is 7.16. The highest BCUT2D eigenvalue weighted by Gasteiger charge is 2.41. The van der Waals surface area contributed by atoms with Gasteiger partial charge in [0.05, 0.1) is 6.61 Å². The van der Waals surface area contributed by atoms with Gasteiger partial charge >= 0.3 is 0 Å². The van der Waals surface area contributed by atoms with Gasteiger partial charge in [0.2, 0.25) is 0 Å². The number of carbonyl (C=O) groups is 1. The van der Waals surface area contributed by atoms with Crippen molar-refractivity contribution in [3.63, 3.8) is 0 Å². The fourth-order valence-electron chi connectivity index (χ4n) is 4.06. The van der Waals surface area contributed by atoms with Crippen LogP contribution in [0.1, 0.15) is 51.0 Å². The minimum Gasteiger partial charge on any atom is -0.481 e. The van der Waals surface area contributed by atoms with E-state index in [1.807, 2.05) is 30.0 Å². The Morgan fingerprint density at radius 2 is 2.09 bits per heavy atom. The summed E-state index contributed by atoms with van der Waals surface area (Å²) >= 11 is 0. The van der Waals surface area contributed by atoms with Crippen molar-refractivity contribution in [3.05, 3.63) is 29.8 Å². The Hall–Kier alpha value is -1.55. The third-order valence-corrected chi connectivity index (χ3v) is 5.41. The number of hydrogen-bond donors (Lipinski definition) is 1. The van der Waals surface area contributed by atoms with Crippen LogP contribution in [-0.4, -0.2) is 35.1 Å². The number of carbonyl (C=O) groups excluding carboxylic acids is 1. The molecule has 1 N–H and O–H groups in total. The van der Waals surface area contributed by atoms with Crippen molar-refractivity contribution < 1.29 is 14.6 Å². The number of aliphatic hydroxyl groups is 1. The summed E-state index contributed by atoms with van der Waals surface area (Å²) in [4.78, 5) is 14.7. The summed E-state index contributed by atoms with van der Waals surface area (Å²) in [5.41, 5.74) is 1.18. The van der Waals surface area contributed by atoms with Gasteiger partial charge in [0.1, 0.15) is 5.75 Å². The van der Waals surface area contributed by atoms with E-state index in [1.165, 1.54) is 32.1 Å². The van der Waals surface area contributed by atoms with Crippen LogP contribution >= 0.6 is 0 Å². The minimum atomic E-state index is -0.484. The molecule has 1 saturated carbocycles. The van der Waals surface area contributed by atoms with E-state index in [0.717, 1.165) is 25.1 Å². The fraction of sp³-hybridized carbons (Fsp3) is 0.632. The van der Waals surface area contributed by atoms with Crippen LogP contribution in [0, 0.1) is 5.41 Å². The largest absolute Gasteiger partial charge is 0.481 e. The third-order valence-electron chi connectivity index (χ3n) is 5.41. The van der Waals surface area contributed by atoms with Crippen LogP contribution in [0.2, 0.25) is 0 Å². The SMILES string of the molecule is CC(Oc1cccc(CO)c1)C(=O)N1CCC2(CCCCC2)C1. The lowest BCUT2D eigenvalue weighted by Gasteiger charge is -2.33. The first-order valence-electron chi connectivity index (χ1n) is 8.77. The zero-order valence-corrected chi connectivity index (χ0v) is 14.0. The number of rotatable bonds is 4. The molecule has 2 fully saturated rings. The third kappa shape index (κ3) is 3.69. The molecule has 23 heavy (non-hydrogen) atoms. The average Bonchev–Trinajstić information content (AvgIpc) is 2.98. The van der Waals surface area contributed by atoms with Crippen LogP contribution in [-0.2, 0) is 11.4 Å². The molecule has 126 valence electrons. The lowest BCUT2D eigenvalue weighted by molar-refractivity contribution is -0.137. The molecule has 1 aliphatic carbocycles. The smallest absolute Gasteiger partial charge is 0.263 e. The highest BCUT2D eigenvalue weighted by Crippen LogP contribution is 2.43. The van der Waals surface area contributed by atoms with Gasteiger partial charge in [-0.25, -0.2) is 0 Å². The molecule has 1 amide bonds. The van der Waals surface area contributed by atoms with Gasteiger partial charge in [-0.05, 0) is 49.3 Å². The Kier molecular flexibility index (Phi) is 4.90. The van der Waals surface area contributed by atoms with Gasteiger partial charge in [-0.3, -0.25) is 4.79 Å². The Morgan fingerprint density at radius 1 is 1.30 bits per heavy atom. The van der Waals surface area contributed by atoms with E-state index in [9.17, 15) is 9.90 Å². The quantitative estimate of drug-likeness (QED) is 0.928. The number of hydrogen-bond acceptors (Lipinski definition) is 3. The minimum absolute atomic E-state index is 0.0197. The summed E-state index contributed by atoms with van der Waals surface area (Å²) in [7, 11) is 0. The molecule has 1 atom stereocenters. The highest BCUT2D eigenvalue weighted by molar-refractivity contribution is 5.81. The predicted octanol–water partition coefficient (Wildman–Crippen LogP) is 3.13. The van der Waals surface area contributed by atoms with Crippen LogP contribution < -0.4 is 4.74 Å². The highest BCUT2D eigenvalue weighted by atomic mass is 16.5. The molecular formula is C19H27NO3. The fourth-order valence-corrected chi connectivity index (χ4v) is 4.06. The average molecular weight is 317 g/mol. The molecule has 1 saturated heterocycles. The normalized spacial score (nSPS) is 21.4. The van der Waals surface area contributed by atoms with Crippen molar-refractivity contribution in [1.82, 2.24) is 4.90 Å². The van der Waals surface area contributed by atoms with Crippen molar-refractivity contribution in [2.45, 2.75) is 58.2 Å². The lowest BCUT2D eigenvalue weighted by atomic mass is 9.73. The van der Waals surface area contributed by atoms with Crippen molar-refractivity contribution in [2.24, 2.45) is 5.41 Å². The topological polar surface area (TPSA) is 49.8 Å². The van der Waals surface area contributed by atoms with Crippen LogP contribution in [0.3, 0.4) is 0 Å². The van der Waals surface area contributed by atoms with Crippen molar-refractivity contribution in [1.29, 1.82) is 0 Å². The molecule has 4 nitrogen and oxygen atoms in total. The monoisotopic (exact) mass is 317 g/mol. The number of nitrogens with zero attached hydrogens (tertiary/aromatic N) is 1. The molecule has 0 radical (unpaired) electrons. The van der Waals surface area contributed by atoms with E-state index in [-0.39, 0.29) is 12.5 Å². The number of benzene rings is 1. The second-order valence-corrected chi connectivity index (χ2v) is 7.14. The molecule has 1 unspecified atom stereocenters. The van der Waals surface area contributed by atoms with Gasteiger partial charge in [0.25, 0.3) is 5.91 Å². The zero-order valence-electron chi connectivity index (χ0n) is 14.0. The van der Waals surface area contributed by atoms with Crippen LogP contribution in [0.15, 0.2) is 24.3 Å². The zero-order chi connectivity index (χ0) is 16.3. The summed E-state index contributed by atoms with van der Waals surface area (Å²) in [6.45, 7) is 3.56. The Bertz CT molecular complexity index is 551. The number of ether oxygens (including phenoxy) is 1. The van der Waals surface area contributed by atoms with Crippen LogP contribution in [0.5, 0.6) is 5.75 Å². The Labute approximate surface area is 138 Å². The van der Waals surface area contributed by atoms with Gasteiger partial charge in [-0.2, -0.15) is 0 Å². The molecule has 1 aromatic carbocycles. The maximum Gasteiger partial charge on any atom is 0.263 e. The van der Waals surface area contributed by atoms with Gasteiger partial charge in [-0.15, -0.1) is 0 Å². The Balaban J connectivity index is 1.59. The predicted molar refractivity (Wildman–Crippen MR) is 89.2 cm³/mol. The first-order chi connectivity index (χ1) is 11.1. The van der Waals surface area contributed by atoms with E-state index < -0.39 is 6.10 Å². The summed E-state index contributed by atoms with van der Waals surface area (Å²) in [5.74, 6) is 0.728. The maximum atomic E-state index is 12.7. The molecule has 3 rings (SSSR count). The van der Waals surface area contributed by atoms with Gasteiger partial charge in [-0.1, -0.05) is 31.4 Å². The summed E-state index contributed by atoms with van der Waals surface area (Å²) in [5, 5.41) is 9.19. The molecule has 0 aromatic heterocycles. The standard InChI is InChI=1S/C19H27NO3/c1-15(23-17-7-5-6-16(12-17)13-21)18(22)20-11-10-19(14-20)8-3-2-4-9-19/h5-7,12,15,21H,2-4,8-11,13-14H2,1H3. The summed E-state index contributed by atoms with van der Waals surface area (Å²) < 4.78 is 5.80. The van der Waals surface area contributed by atoms with E-state index in [0.29, 0.717) is 11.2 Å². The van der Waals surface area contributed by atoms with Crippen LogP contribution in [0.4, 0.5) is 0 Å². The van der Waals surface area contributed by atoms with Gasteiger partial charge in [0, 0.05) is 13.1 Å².